The third-order valence-electron chi connectivity index (χ3n) is 3.91. The maximum Gasteiger partial charge on any atom is 0.303 e. The molecule has 0 heterocycles. The number of hydrogen-bond acceptors (Lipinski definition) is 6. The fourth-order valence-electron chi connectivity index (χ4n) is 2.23. The third-order valence-corrected chi connectivity index (χ3v) is 3.91. The fraction of sp³-hybridized carbons (Fsp3) is 0.722. The van der Waals surface area contributed by atoms with Gasteiger partial charge in [0.05, 0.1) is 6.61 Å². The summed E-state index contributed by atoms with van der Waals surface area (Å²) in [6.45, 7) is 6.66. The number of carbonyl (C=O) groups is 5. The van der Waals surface area contributed by atoms with Gasteiger partial charge in [-0.3, -0.25) is 24.0 Å². The smallest absolute Gasteiger partial charge is 0.303 e. The molecule has 0 spiro atoms. The molecule has 0 bridgehead atoms. The maximum atomic E-state index is 12.2. The van der Waals surface area contributed by atoms with Crippen molar-refractivity contribution in [3.63, 3.8) is 0 Å². The number of amides is 4. The summed E-state index contributed by atoms with van der Waals surface area (Å²) in [5.41, 5.74) is 5.16. The number of nitrogens with one attached hydrogen (secondary N) is 3. The van der Waals surface area contributed by atoms with E-state index in [1.165, 1.54) is 13.8 Å². The van der Waals surface area contributed by atoms with Crippen LogP contribution < -0.4 is 21.7 Å². The van der Waals surface area contributed by atoms with Gasteiger partial charge in [-0.1, -0.05) is 6.92 Å². The van der Waals surface area contributed by atoms with Gasteiger partial charge in [0.1, 0.15) is 18.2 Å². The summed E-state index contributed by atoms with van der Waals surface area (Å²) in [5, 5.41) is 16.2. The number of ether oxygens (including phenoxy) is 1. The molecule has 6 N–H and O–H groups in total. The molecule has 166 valence electrons. The van der Waals surface area contributed by atoms with Crippen LogP contribution >= 0.6 is 0 Å². The average Bonchev–Trinajstić information content (AvgIpc) is 2.62. The van der Waals surface area contributed by atoms with Crippen molar-refractivity contribution < 1.29 is 33.8 Å². The normalized spacial score (nSPS) is 14.8. The van der Waals surface area contributed by atoms with Crippen LogP contribution in [0.15, 0.2) is 0 Å². The number of hydrogen-bond donors (Lipinski definition) is 5. The largest absolute Gasteiger partial charge is 0.481 e. The highest BCUT2D eigenvalue weighted by Crippen LogP contribution is 2.00. The van der Waals surface area contributed by atoms with Crippen LogP contribution in [-0.4, -0.2) is 65.5 Å². The van der Waals surface area contributed by atoms with E-state index in [9.17, 15) is 24.0 Å². The molecule has 0 aromatic rings. The maximum absolute atomic E-state index is 12.2. The van der Waals surface area contributed by atoms with Gasteiger partial charge in [-0.2, -0.15) is 0 Å². The summed E-state index contributed by atoms with van der Waals surface area (Å²) in [6, 6.07) is -2.43. The van der Waals surface area contributed by atoms with E-state index < -0.39 is 41.9 Å². The fourth-order valence-corrected chi connectivity index (χ4v) is 2.23. The molecule has 0 rings (SSSR count). The first kappa shape index (κ1) is 26.3. The molecule has 0 aliphatic rings. The Morgan fingerprint density at radius 2 is 1.59 bits per heavy atom. The molecule has 0 aliphatic heterocycles. The molecule has 11 heteroatoms. The van der Waals surface area contributed by atoms with E-state index in [1.54, 1.807) is 6.92 Å². The SMILES string of the molecule is CCCC(=O)N[C@@H](C)CO[C@H](C)C(=O)N[C@@H](C)C(=O)N[C@H](CCC(=O)O)C(N)=O. The average molecular weight is 416 g/mol. The van der Waals surface area contributed by atoms with E-state index in [1.807, 2.05) is 6.92 Å². The first-order chi connectivity index (χ1) is 13.5. The van der Waals surface area contributed by atoms with Crippen LogP contribution in [-0.2, 0) is 28.7 Å². The second kappa shape index (κ2) is 13.5. The van der Waals surface area contributed by atoms with Gasteiger partial charge in [-0.25, -0.2) is 0 Å². The van der Waals surface area contributed by atoms with E-state index in [4.69, 9.17) is 15.6 Å². The Morgan fingerprint density at radius 1 is 0.966 bits per heavy atom. The zero-order chi connectivity index (χ0) is 22.6. The molecule has 4 atom stereocenters. The van der Waals surface area contributed by atoms with Gasteiger partial charge in [0.2, 0.25) is 23.6 Å². The predicted octanol–water partition coefficient (Wildman–Crippen LogP) is -0.964. The Balaban J connectivity index is 4.47. The summed E-state index contributed by atoms with van der Waals surface area (Å²) in [4.78, 5) is 57.8. The molecule has 0 unspecified atom stereocenters. The summed E-state index contributed by atoms with van der Waals surface area (Å²) in [6.07, 6.45) is -0.239. The minimum absolute atomic E-state index is 0.0992. The molecular formula is C18H32N4O7. The lowest BCUT2D eigenvalue weighted by molar-refractivity contribution is -0.138. The number of primary amides is 1. The Hall–Kier alpha value is -2.69. The molecule has 0 radical (unpaired) electrons. The molecule has 29 heavy (non-hydrogen) atoms. The molecule has 4 amide bonds. The van der Waals surface area contributed by atoms with Crippen molar-refractivity contribution in [2.45, 2.75) is 77.6 Å². The Kier molecular flexibility index (Phi) is 12.2. The summed E-state index contributed by atoms with van der Waals surface area (Å²) < 4.78 is 5.41. The van der Waals surface area contributed by atoms with Crippen molar-refractivity contribution in [2.24, 2.45) is 5.73 Å². The van der Waals surface area contributed by atoms with Crippen LogP contribution in [0.2, 0.25) is 0 Å². The minimum atomic E-state index is -1.15. The van der Waals surface area contributed by atoms with Crippen LogP contribution in [0.25, 0.3) is 0 Å². The van der Waals surface area contributed by atoms with Gasteiger partial charge in [0, 0.05) is 18.9 Å². The number of rotatable bonds is 14. The van der Waals surface area contributed by atoms with Gasteiger partial charge in [0.25, 0.3) is 0 Å². The number of aliphatic carboxylic acids is 1. The lowest BCUT2D eigenvalue weighted by Crippen LogP contribution is -2.53. The number of nitrogens with two attached hydrogens (primary N) is 1. The van der Waals surface area contributed by atoms with Gasteiger partial charge < -0.3 is 31.5 Å². The van der Waals surface area contributed by atoms with Crippen molar-refractivity contribution >= 4 is 29.6 Å². The first-order valence-electron chi connectivity index (χ1n) is 9.50. The molecule has 0 aromatic carbocycles. The van der Waals surface area contributed by atoms with Crippen LogP contribution in [0, 0.1) is 0 Å². The highest BCUT2D eigenvalue weighted by molar-refractivity contribution is 5.92. The molecule has 0 aromatic heterocycles. The van der Waals surface area contributed by atoms with Crippen molar-refractivity contribution in [1.29, 1.82) is 0 Å². The number of carbonyl (C=O) groups excluding carboxylic acids is 4. The van der Waals surface area contributed by atoms with E-state index >= 15 is 0 Å². The van der Waals surface area contributed by atoms with Crippen LogP contribution in [0.3, 0.4) is 0 Å². The van der Waals surface area contributed by atoms with Gasteiger partial charge >= 0.3 is 5.97 Å². The van der Waals surface area contributed by atoms with Crippen LogP contribution in [0.5, 0.6) is 0 Å². The van der Waals surface area contributed by atoms with E-state index in [0.29, 0.717) is 6.42 Å². The highest BCUT2D eigenvalue weighted by atomic mass is 16.5. The van der Waals surface area contributed by atoms with Gasteiger partial charge in [-0.05, 0) is 33.6 Å². The van der Waals surface area contributed by atoms with Crippen molar-refractivity contribution in [3.05, 3.63) is 0 Å². The molecule has 0 aliphatic carbocycles. The Labute approximate surface area is 170 Å². The number of carboxylic acid groups (broad SMARTS) is 1. The zero-order valence-electron chi connectivity index (χ0n) is 17.3. The van der Waals surface area contributed by atoms with E-state index in [0.717, 1.165) is 6.42 Å². The molecule has 11 nitrogen and oxygen atoms in total. The van der Waals surface area contributed by atoms with Crippen molar-refractivity contribution in [3.8, 4) is 0 Å². The lowest BCUT2D eigenvalue weighted by atomic mass is 10.1. The monoisotopic (exact) mass is 416 g/mol. The number of carboxylic acids is 1. The quantitative estimate of drug-likeness (QED) is 0.242. The topological polar surface area (TPSA) is 177 Å². The summed E-state index contributed by atoms with van der Waals surface area (Å²) in [5.74, 6) is -3.33. The molecular weight excluding hydrogens is 384 g/mol. The summed E-state index contributed by atoms with van der Waals surface area (Å²) in [7, 11) is 0. The molecule has 0 saturated heterocycles. The molecule has 0 saturated carbocycles. The lowest BCUT2D eigenvalue weighted by Gasteiger charge is -2.21. The van der Waals surface area contributed by atoms with E-state index in [2.05, 4.69) is 16.0 Å². The standard InChI is InChI=1S/C18H32N4O7/c1-5-6-14(23)20-10(2)9-29-12(4)18(28)21-11(3)17(27)22-13(16(19)26)7-8-15(24)25/h10-13H,5-9H2,1-4H3,(H2,19,26)(H,20,23)(H,21,28)(H,22,27)(H,24,25)/t10-,11-,12+,13+/m0/s1. The highest BCUT2D eigenvalue weighted by Gasteiger charge is 2.25. The first-order valence-corrected chi connectivity index (χ1v) is 9.50. The van der Waals surface area contributed by atoms with Crippen LogP contribution in [0.4, 0.5) is 0 Å². The van der Waals surface area contributed by atoms with Gasteiger partial charge in [-0.15, -0.1) is 0 Å². The molecule has 0 fully saturated rings. The second-order valence-electron chi connectivity index (χ2n) is 6.82. The Bertz CT molecular complexity index is 597. The minimum Gasteiger partial charge on any atom is -0.481 e. The van der Waals surface area contributed by atoms with Crippen molar-refractivity contribution in [1.82, 2.24) is 16.0 Å². The van der Waals surface area contributed by atoms with Crippen LogP contribution in [0.1, 0.15) is 53.4 Å². The Morgan fingerprint density at radius 3 is 2.10 bits per heavy atom. The van der Waals surface area contributed by atoms with Crippen molar-refractivity contribution in [2.75, 3.05) is 6.61 Å². The zero-order valence-corrected chi connectivity index (χ0v) is 17.3. The predicted molar refractivity (Wildman–Crippen MR) is 104 cm³/mol. The van der Waals surface area contributed by atoms with Gasteiger partial charge in [0.15, 0.2) is 0 Å². The third kappa shape index (κ3) is 11.7. The van der Waals surface area contributed by atoms with E-state index in [-0.39, 0.29) is 31.4 Å². The summed E-state index contributed by atoms with van der Waals surface area (Å²) >= 11 is 0. The second-order valence-corrected chi connectivity index (χ2v) is 6.82.